The third kappa shape index (κ3) is 4.91. The maximum absolute atomic E-state index is 13.9. The van der Waals surface area contributed by atoms with Crippen LogP contribution >= 0.6 is 11.6 Å². The maximum atomic E-state index is 13.9. The Labute approximate surface area is 209 Å². The number of hydrogen-bond donors (Lipinski definition) is 1. The number of benzene rings is 4. The lowest BCUT2D eigenvalue weighted by atomic mass is 10.0. The van der Waals surface area contributed by atoms with E-state index in [9.17, 15) is 4.79 Å². The van der Waals surface area contributed by atoms with Gasteiger partial charge in [-0.25, -0.2) is 4.98 Å². The number of nitrogens with one attached hydrogen (secondary N) is 1. The van der Waals surface area contributed by atoms with E-state index in [1.807, 2.05) is 108 Å². The summed E-state index contributed by atoms with van der Waals surface area (Å²) in [5, 5.41) is 3.75. The lowest BCUT2D eigenvalue weighted by Crippen LogP contribution is -2.28. The zero-order chi connectivity index (χ0) is 24.2. The van der Waals surface area contributed by atoms with Crippen LogP contribution in [0.4, 0.5) is 5.69 Å². The number of hydrogen-bond acceptors (Lipinski definition) is 3. The predicted octanol–water partition coefficient (Wildman–Crippen LogP) is 6.52. The summed E-state index contributed by atoms with van der Waals surface area (Å²) >= 11 is 6.25. The Balaban J connectivity index is 1.62. The van der Waals surface area contributed by atoms with Crippen LogP contribution in [0.2, 0.25) is 5.02 Å². The molecular weight excluding hydrogens is 458 g/mol. The smallest absolute Gasteiger partial charge is 0.252 e. The first-order valence-corrected chi connectivity index (χ1v) is 11.7. The lowest BCUT2D eigenvalue weighted by Gasteiger charge is -2.22. The second-order valence-corrected chi connectivity index (χ2v) is 8.66. The number of amides is 1. The summed E-state index contributed by atoms with van der Waals surface area (Å²) in [5.74, 6) is 1.36. The molecule has 174 valence electrons. The Bertz CT molecular complexity index is 1460. The molecule has 1 heterocycles. The summed E-state index contributed by atoms with van der Waals surface area (Å²) in [6, 6.07) is 32.1. The molecule has 0 saturated heterocycles. The number of carbonyl (C=O) groups is 1. The van der Waals surface area contributed by atoms with Gasteiger partial charge in [0.2, 0.25) is 0 Å². The van der Waals surface area contributed by atoms with Gasteiger partial charge in [-0.05, 0) is 59.7 Å². The summed E-state index contributed by atoms with van der Waals surface area (Å²) < 4.78 is 7.28. The molecule has 1 aromatic heterocycles. The van der Waals surface area contributed by atoms with Crippen LogP contribution in [-0.4, -0.2) is 22.6 Å². The standard InChI is InChI=1S/C29H24ClN3O2/c1-35-24-16-14-23(15-17-24)31-29(34)28(21-9-3-2-4-10-21)33-26-13-6-5-12-25(26)32-27(33)19-20-8-7-11-22(30)18-20/h2-18,28H,19H2,1H3,(H,31,34)/t28-/m0/s1. The van der Waals surface area contributed by atoms with E-state index in [2.05, 4.69) is 5.32 Å². The van der Waals surface area contributed by atoms with E-state index in [-0.39, 0.29) is 5.91 Å². The highest BCUT2D eigenvalue weighted by atomic mass is 35.5. The Morgan fingerprint density at radius 2 is 1.69 bits per heavy atom. The monoisotopic (exact) mass is 481 g/mol. The van der Waals surface area contributed by atoms with Gasteiger partial charge < -0.3 is 14.6 Å². The minimum atomic E-state index is -0.625. The van der Waals surface area contributed by atoms with Gasteiger partial charge in [0.15, 0.2) is 0 Å². The Morgan fingerprint density at radius 3 is 2.43 bits per heavy atom. The van der Waals surface area contributed by atoms with E-state index in [0.29, 0.717) is 17.1 Å². The number of para-hydroxylation sites is 2. The number of anilines is 1. The van der Waals surface area contributed by atoms with Crippen LogP contribution in [0.5, 0.6) is 5.75 Å². The zero-order valence-electron chi connectivity index (χ0n) is 19.2. The fraction of sp³-hybridized carbons (Fsp3) is 0.103. The van der Waals surface area contributed by atoms with Crippen molar-refractivity contribution in [1.29, 1.82) is 0 Å². The molecular formula is C29H24ClN3O2. The molecule has 0 bridgehead atoms. The minimum absolute atomic E-state index is 0.156. The molecule has 0 saturated carbocycles. The van der Waals surface area contributed by atoms with Gasteiger partial charge in [-0.15, -0.1) is 0 Å². The van der Waals surface area contributed by atoms with E-state index >= 15 is 0 Å². The van der Waals surface area contributed by atoms with Gasteiger partial charge in [0, 0.05) is 17.1 Å². The second kappa shape index (κ2) is 10.0. The Morgan fingerprint density at radius 1 is 0.943 bits per heavy atom. The van der Waals surface area contributed by atoms with Gasteiger partial charge in [-0.3, -0.25) is 4.79 Å². The highest BCUT2D eigenvalue weighted by molar-refractivity contribution is 6.30. The fourth-order valence-electron chi connectivity index (χ4n) is 4.27. The van der Waals surface area contributed by atoms with Crippen LogP contribution < -0.4 is 10.1 Å². The molecule has 4 aromatic carbocycles. The molecule has 0 aliphatic carbocycles. The predicted molar refractivity (Wildman–Crippen MR) is 140 cm³/mol. The molecule has 35 heavy (non-hydrogen) atoms. The number of imidazole rings is 1. The molecule has 6 heteroatoms. The number of nitrogens with zero attached hydrogens (tertiary/aromatic N) is 2. The topological polar surface area (TPSA) is 56.1 Å². The quantitative estimate of drug-likeness (QED) is 0.288. The third-order valence-corrected chi connectivity index (χ3v) is 6.13. The van der Waals surface area contributed by atoms with E-state index in [0.717, 1.165) is 33.7 Å². The van der Waals surface area contributed by atoms with E-state index in [4.69, 9.17) is 21.3 Å². The molecule has 5 rings (SSSR count). The van der Waals surface area contributed by atoms with Crippen LogP contribution in [0, 0.1) is 0 Å². The number of halogens is 1. The molecule has 0 spiro atoms. The van der Waals surface area contributed by atoms with Crippen molar-refractivity contribution in [2.45, 2.75) is 12.5 Å². The van der Waals surface area contributed by atoms with Crippen molar-refractivity contribution >= 4 is 34.2 Å². The summed E-state index contributed by atoms with van der Waals surface area (Å²) in [6.45, 7) is 0. The molecule has 0 aliphatic heterocycles. The first-order valence-electron chi connectivity index (χ1n) is 11.3. The van der Waals surface area contributed by atoms with Crippen molar-refractivity contribution in [3.8, 4) is 5.75 Å². The zero-order valence-corrected chi connectivity index (χ0v) is 19.9. The molecule has 1 N–H and O–H groups in total. The molecule has 1 atom stereocenters. The van der Waals surface area contributed by atoms with Gasteiger partial charge in [-0.1, -0.05) is 66.2 Å². The van der Waals surface area contributed by atoms with E-state index in [1.54, 1.807) is 7.11 Å². The van der Waals surface area contributed by atoms with Crippen molar-refractivity contribution in [3.05, 3.63) is 125 Å². The highest BCUT2D eigenvalue weighted by Crippen LogP contribution is 2.29. The molecule has 0 aliphatic rings. The number of rotatable bonds is 7. The average molecular weight is 482 g/mol. The van der Waals surface area contributed by atoms with Crippen LogP contribution in [0.1, 0.15) is 23.0 Å². The van der Waals surface area contributed by atoms with Crippen molar-refractivity contribution in [2.24, 2.45) is 0 Å². The lowest BCUT2D eigenvalue weighted by molar-refractivity contribution is -0.118. The fourth-order valence-corrected chi connectivity index (χ4v) is 4.49. The number of methoxy groups -OCH3 is 1. The SMILES string of the molecule is COc1ccc(NC(=O)[C@H](c2ccccc2)n2c(Cc3cccc(Cl)c3)nc3ccccc32)cc1. The van der Waals surface area contributed by atoms with Crippen LogP contribution in [-0.2, 0) is 11.2 Å². The van der Waals surface area contributed by atoms with Crippen LogP contribution in [0.3, 0.4) is 0 Å². The Kier molecular flexibility index (Phi) is 6.51. The molecule has 0 unspecified atom stereocenters. The first kappa shape index (κ1) is 22.7. The van der Waals surface area contributed by atoms with Crippen molar-refractivity contribution < 1.29 is 9.53 Å². The van der Waals surface area contributed by atoms with Gasteiger partial charge in [0.1, 0.15) is 17.6 Å². The Hall–Kier alpha value is -4.09. The van der Waals surface area contributed by atoms with Crippen molar-refractivity contribution in [3.63, 3.8) is 0 Å². The minimum Gasteiger partial charge on any atom is -0.497 e. The highest BCUT2D eigenvalue weighted by Gasteiger charge is 2.27. The average Bonchev–Trinajstić information content (AvgIpc) is 3.23. The van der Waals surface area contributed by atoms with Gasteiger partial charge >= 0.3 is 0 Å². The summed E-state index contributed by atoms with van der Waals surface area (Å²) in [4.78, 5) is 18.8. The largest absolute Gasteiger partial charge is 0.497 e. The molecule has 5 nitrogen and oxygen atoms in total. The van der Waals surface area contributed by atoms with Gasteiger partial charge in [0.25, 0.3) is 5.91 Å². The maximum Gasteiger partial charge on any atom is 0.252 e. The number of aromatic nitrogens is 2. The van der Waals surface area contributed by atoms with Crippen molar-refractivity contribution in [1.82, 2.24) is 9.55 Å². The summed E-state index contributed by atoms with van der Waals surface area (Å²) in [6.07, 6.45) is 0.536. The number of ether oxygens (including phenoxy) is 1. The van der Waals surface area contributed by atoms with Crippen molar-refractivity contribution in [2.75, 3.05) is 12.4 Å². The third-order valence-electron chi connectivity index (χ3n) is 5.90. The molecule has 0 fully saturated rings. The van der Waals surface area contributed by atoms with Gasteiger partial charge in [0.05, 0.1) is 18.1 Å². The summed E-state index contributed by atoms with van der Waals surface area (Å²) in [7, 11) is 1.62. The van der Waals surface area contributed by atoms with E-state index in [1.165, 1.54) is 0 Å². The number of carbonyl (C=O) groups excluding carboxylic acids is 1. The second-order valence-electron chi connectivity index (χ2n) is 8.22. The normalized spacial score (nSPS) is 11.8. The van der Waals surface area contributed by atoms with E-state index < -0.39 is 6.04 Å². The molecule has 1 amide bonds. The summed E-state index contributed by atoms with van der Waals surface area (Å²) in [5.41, 5.74) is 4.31. The van der Waals surface area contributed by atoms with Crippen LogP contribution in [0.15, 0.2) is 103 Å². The molecule has 0 radical (unpaired) electrons. The van der Waals surface area contributed by atoms with Gasteiger partial charge in [-0.2, -0.15) is 0 Å². The number of fused-ring (bicyclic) bond motifs is 1. The molecule has 5 aromatic rings. The van der Waals surface area contributed by atoms with Crippen LogP contribution in [0.25, 0.3) is 11.0 Å². The first-order chi connectivity index (χ1) is 17.1.